The van der Waals surface area contributed by atoms with Gasteiger partial charge in [-0.25, -0.2) is 9.97 Å². The Bertz CT molecular complexity index is 890. The molecule has 0 aliphatic carbocycles. The van der Waals surface area contributed by atoms with Gasteiger partial charge in [0.1, 0.15) is 23.0 Å². The van der Waals surface area contributed by atoms with Crippen LogP contribution in [0.5, 0.6) is 5.75 Å². The first-order chi connectivity index (χ1) is 11.4. The zero-order valence-electron chi connectivity index (χ0n) is 15.1. The van der Waals surface area contributed by atoms with Gasteiger partial charge in [-0.3, -0.25) is 0 Å². The first-order valence-electron chi connectivity index (χ1n) is 8.02. The highest BCUT2D eigenvalue weighted by atomic mass is 16.5. The molecule has 0 aliphatic heterocycles. The number of hydrogen-bond donors (Lipinski definition) is 0. The summed E-state index contributed by atoms with van der Waals surface area (Å²) in [7, 11) is 1.68. The molecule has 0 N–H and O–H groups in total. The molecule has 126 valence electrons. The van der Waals surface area contributed by atoms with Crippen LogP contribution < -0.4 is 4.74 Å². The Balaban J connectivity index is 1.97. The predicted octanol–water partition coefficient (Wildman–Crippen LogP) is 4.14. The fraction of sp³-hybridized carbons (Fsp3) is 0.368. The Labute approximate surface area is 142 Å². The minimum Gasteiger partial charge on any atom is -0.496 e. The normalized spacial score (nSPS) is 11.1. The average molecular weight is 325 g/mol. The van der Waals surface area contributed by atoms with Gasteiger partial charge in [-0.2, -0.15) is 0 Å². The molecule has 2 aromatic heterocycles. The van der Waals surface area contributed by atoms with Crippen LogP contribution in [0.1, 0.15) is 34.1 Å². The molecular weight excluding hydrogens is 302 g/mol. The summed E-state index contributed by atoms with van der Waals surface area (Å²) in [5.74, 6) is 3.35. The zero-order valence-corrected chi connectivity index (χ0v) is 15.1. The van der Waals surface area contributed by atoms with Gasteiger partial charge in [0.25, 0.3) is 0 Å². The van der Waals surface area contributed by atoms with Crippen LogP contribution in [0.25, 0.3) is 11.5 Å². The largest absolute Gasteiger partial charge is 0.496 e. The van der Waals surface area contributed by atoms with Crippen LogP contribution in [0, 0.1) is 34.6 Å². The summed E-state index contributed by atoms with van der Waals surface area (Å²) in [4.78, 5) is 9.16. The second-order valence-corrected chi connectivity index (χ2v) is 6.14. The molecule has 0 radical (unpaired) electrons. The Morgan fingerprint density at radius 3 is 2.42 bits per heavy atom. The van der Waals surface area contributed by atoms with E-state index in [4.69, 9.17) is 14.1 Å². The van der Waals surface area contributed by atoms with Gasteiger partial charge >= 0.3 is 0 Å². The lowest BCUT2D eigenvalue weighted by atomic mass is 10.0. The zero-order chi connectivity index (χ0) is 17.4. The Hall–Kier alpha value is -2.56. The van der Waals surface area contributed by atoms with Crippen LogP contribution in [-0.2, 0) is 6.54 Å². The summed E-state index contributed by atoms with van der Waals surface area (Å²) in [5, 5.41) is 0. The Morgan fingerprint density at radius 2 is 1.79 bits per heavy atom. The number of hydrogen-bond acceptors (Lipinski definition) is 4. The highest BCUT2D eigenvalue weighted by Gasteiger charge is 2.16. The lowest BCUT2D eigenvalue weighted by Crippen LogP contribution is -2.02. The fourth-order valence-electron chi connectivity index (χ4n) is 2.93. The maximum atomic E-state index is 5.94. The van der Waals surface area contributed by atoms with Gasteiger partial charge in [0.15, 0.2) is 0 Å². The molecule has 24 heavy (non-hydrogen) atoms. The lowest BCUT2D eigenvalue weighted by molar-refractivity contribution is 0.411. The highest BCUT2D eigenvalue weighted by molar-refractivity contribution is 5.63. The van der Waals surface area contributed by atoms with E-state index in [1.54, 1.807) is 7.11 Å². The third kappa shape index (κ3) is 2.82. The molecule has 0 spiro atoms. The first-order valence-corrected chi connectivity index (χ1v) is 8.02. The fourth-order valence-corrected chi connectivity index (χ4v) is 2.93. The minimum absolute atomic E-state index is 0.653. The van der Waals surface area contributed by atoms with Crippen LogP contribution in [0.3, 0.4) is 0 Å². The number of aryl methyl sites for hydroxylation is 3. The monoisotopic (exact) mass is 325 g/mol. The number of benzene rings is 1. The van der Waals surface area contributed by atoms with E-state index in [2.05, 4.69) is 16.5 Å². The van der Waals surface area contributed by atoms with Gasteiger partial charge in [0.2, 0.25) is 5.89 Å². The van der Waals surface area contributed by atoms with Gasteiger partial charge < -0.3 is 13.7 Å². The summed E-state index contributed by atoms with van der Waals surface area (Å²) in [5.41, 5.74) is 5.17. The smallest absolute Gasteiger partial charge is 0.226 e. The highest BCUT2D eigenvalue weighted by Crippen LogP contribution is 2.31. The van der Waals surface area contributed by atoms with E-state index in [9.17, 15) is 0 Å². The molecule has 0 aliphatic rings. The molecule has 5 nitrogen and oxygen atoms in total. The van der Waals surface area contributed by atoms with Gasteiger partial charge in [-0.15, -0.1) is 0 Å². The van der Waals surface area contributed by atoms with Crippen molar-refractivity contribution in [2.45, 2.75) is 41.2 Å². The van der Waals surface area contributed by atoms with Crippen molar-refractivity contribution < 1.29 is 9.15 Å². The molecular formula is C19H23N3O2. The van der Waals surface area contributed by atoms with Gasteiger partial charge in [0.05, 0.1) is 19.3 Å². The van der Waals surface area contributed by atoms with Crippen molar-refractivity contribution in [2.24, 2.45) is 0 Å². The summed E-state index contributed by atoms with van der Waals surface area (Å²) in [6.45, 7) is 10.7. The summed E-state index contributed by atoms with van der Waals surface area (Å²) < 4.78 is 13.4. The first kappa shape index (κ1) is 16.3. The Morgan fingerprint density at radius 1 is 1.04 bits per heavy atom. The maximum Gasteiger partial charge on any atom is 0.226 e. The Kier molecular flexibility index (Phi) is 4.18. The van der Waals surface area contributed by atoms with Crippen LogP contribution >= 0.6 is 0 Å². The summed E-state index contributed by atoms with van der Waals surface area (Å²) >= 11 is 0. The van der Waals surface area contributed by atoms with E-state index in [1.165, 1.54) is 0 Å². The number of nitrogens with zero attached hydrogens (tertiary/aromatic N) is 3. The van der Waals surface area contributed by atoms with Gasteiger partial charge in [0, 0.05) is 11.8 Å². The van der Waals surface area contributed by atoms with E-state index in [0.717, 1.165) is 45.4 Å². The van der Waals surface area contributed by atoms with Crippen molar-refractivity contribution in [1.29, 1.82) is 0 Å². The average Bonchev–Trinajstić information content (AvgIpc) is 3.05. The molecule has 0 fully saturated rings. The van der Waals surface area contributed by atoms with Crippen LogP contribution in [0.2, 0.25) is 0 Å². The molecule has 3 aromatic rings. The number of imidazole rings is 1. The van der Waals surface area contributed by atoms with Crippen molar-refractivity contribution in [3.05, 3.63) is 52.4 Å². The van der Waals surface area contributed by atoms with Crippen molar-refractivity contribution in [1.82, 2.24) is 14.5 Å². The number of ether oxygens (including phenoxy) is 1. The number of aromatic nitrogens is 3. The topological polar surface area (TPSA) is 53.1 Å². The molecule has 0 bridgehead atoms. The van der Waals surface area contributed by atoms with E-state index in [-0.39, 0.29) is 0 Å². The molecule has 0 saturated heterocycles. The molecule has 2 heterocycles. The standard InChI is InChI=1S/C19H23N3O2/c1-11-9-22(15(5)20-11)10-17-14(4)24-19(21-17)16-7-8-18(23-6)13(3)12(16)2/h7-9H,10H2,1-6H3. The molecule has 5 heteroatoms. The molecule has 0 atom stereocenters. The van der Waals surface area contributed by atoms with E-state index < -0.39 is 0 Å². The third-order valence-corrected chi connectivity index (χ3v) is 4.50. The maximum absolute atomic E-state index is 5.94. The predicted molar refractivity (Wildman–Crippen MR) is 93.5 cm³/mol. The molecule has 1 aromatic carbocycles. The number of rotatable bonds is 4. The van der Waals surface area contributed by atoms with Gasteiger partial charge in [-0.1, -0.05) is 0 Å². The number of oxazole rings is 1. The van der Waals surface area contributed by atoms with Crippen LogP contribution in [-0.4, -0.2) is 21.6 Å². The van der Waals surface area contributed by atoms with Crippen molar-refractivity contribution in [3.63, 3.8) is 0 Å². The third-order valence-electron chi connectivity index (χ3n) is 4.50. The van der Waals surface area contributed by atoms with Crippen LogP contribution in [0.4, 0.5) is 0 Å². The SMILES string of the molecule is COc1ccc(-c2nc(Cn3cc(C)nc3C)c(C)o2)c(C)c1C. The lowest BCUT2D eigenvalue weighted by Gasteiger charge is -2.10. The molecule has 0 amide bonds. The minimum atomic E-state index is 0.653. The van der Waals surface area contributed by atoms with E-state index in [0.29, 0.717) is 12.4 Å². The van der Waals surface area contributed by atoms with Gasteiger partial charge in [-0.05, 0) is 57.9 Å². The summed E-state index contributed by atoms with van der Waals surface area (Å²) in [6.07, 6.45) is 2.03. The quantitative estimate of drug-likeness (QED) is 0.723. The molecule has 0 saturated carbocycles. The van der Waals surface area contributed by atoms with Crippen molar-refractivity contribution in [3.8, 4) is 17.2 Å². The van der Waals surface area contributed by atoms with E-state index >= 15 is 0 Å². The van der Waals surface area contributed by atoms with E-state index in [1.807, 2.05) is 46.0 Å². The summed E-state index contributed by atoms with van der Waals surface area (Å²) in [6, 6.07) is 3.96. The van der Waals surface area contributed by atoms with Crippen molar-refractivity contribution in [2.75, 3.05) is 7.11 Å². The van der Waals surface area contributed by atoms with Crippen LogP contribution in [0.15, 0.2) is 22.7 Å². The van der Waals surface area contributed by atoms with Crippen molar-refractivity contribution >= 4 is 0 Å². The molecule has 3 rings (SSSR count). The second-order valence-electron chi connectivity index (χ2n) is 6.14. The number of methoxy groups -OCH3 is 1. The second kappa shape index (κ2) is 6.15. The molecule has 0 unspecified atom stereocenters.